The van der Waals surface area contributed by atoms with E-state index < -0.39 is 12.3 Å². The largest absolute Gasteiger partial charge is 0.507 e. The van der Waals surface area contributed by atoms with Crippen LogP contribution >= 0.6 is 0 Å². The zero-order chi connectivity index (χ0) is 19.5. The van der Waals surface area contributed by atoms with Crippen LogP contribution in [-0.2, 0) is 28.7 Å². The molecule has 1 aliphatic carbocycles. The van der Waals surface area contributed by atoms with Gasteiger partial charge in [-0.15, -0.1) is 0 Å². The van der Waals surface area contributed by atoms with E-state index in [0.717, 1.165) is 6.42 Å². The Hall–Kier alpha value is -1.92. The molecule has 0 saturated heterocycles. The molecule has 1 aromatic rings. The van der Waals surface area contributed by atoms with Crippen LogP contribution in [0.15, 0.2) is 0 Å². The SMILES string of the molecule is CCOC(Cc1c(C=O)c(O)c2c(c1C(=O)O)CC(C)(C)CC2)OCC. The normalized spacial score (nSPS) is 15.7. The monoisotopic (exact) mass is 364 g/mol. The predicted octanol–water partition coefficient (Wildman–Crippen LogP) is 3.36. The summed E-state index contributed by atoms with van der Waals surface area (Å²) in [5, 5.41) is 20.6. The first-order valence-electron chi connectivity index (χ1n) is 9.06. The van der Waals surface area contributed by atoms with E-state index in [4.69, 9.17) is 9.47 Å². The summed E-state index contributed by atoms with van der Waals surface area (Å²) >= 11 is 0. The summed E-state index contributed by atoms with van der Waals surface area (Å²) in [5.41, 5.74) is 1.56. The number of phenols is 1. The number of aromatic hydroxyl groups is 1. The molecule has 2 rings (SSSR count). The summed E-state index contributed by atoms with van der Waals surface area (Å²) in [6.45, 7) is 8.58. The van der Waals surface area contributed by atoms with Gasteiger partial charge in [-0.1, -0.05) is 13.8 Å². The maximum absolute atomic E-state index is 12.1. The van der Waals surface area contributed by atoms with Crippen LogP contribution in [0.4, 0.5) is 0 Å². The van der Waals surface area contributed by atoms with Gasteiger partial charge in [0.15, 0.2) is 12.6 Å². The molecular weight excluding hydrogens is 336 g/mol. The zero-order valence-electron chi connectivity index (χ0n) is 15.9. The highest BCUT2D eigenvalue weighted by atomic mass is 16.7. The van der Waals surface area contributed by atoms with E-state index in [2.05, 4.69) is 13.8 Å². The van der Waals surface area contributed by atoms with Crippen molar-refractivity contribution >= 4 is 12.3 Å². The van der Waals surface area contributed by atoms with E-state index in [-0.39, 0.29) is 34.3 Å². The first kappa shape index (κ1) is 20.4. The lowest BCUT2D eigenvalue weighted by Gasteiger charge is -2.34. The van der Waals surface area contributed by atoms with Crippen LogP contribution in [0, 0.1) is 5.41 Å². The molecule has 0 fully saturated rings. The second-order valence-corrected chi connectivity index (χ2v) is 7.38. The highest BCUT2D eigenvalue weighted by Gasteiger charge is 2.35. The van der Waals surface area contributed by atoms with Crippen molar-refractivity contribution in [3.63, 3.8) is 0 Å². The van der Waals surface area contributed by atoms with Crippen molar-refractivity contribution < 1.29 is 29.3 Å². The minimum atomic E-state index is -1.09. The number of carbonyl (C=O) groups excluding carboxylic acids is 1. The predicted molar refractivity (Wildman–Crippen MR) is 97.0 cm³/mol. The molecule has 6 heteroatoms. The average molecular weight is 364 g/mol. The van der Waals surface area contributed by atoms with Gasteiger partial charge in [0.25, 0.3) is 0 Å². The third-order valence-electron chi connectivity index (χ3n) is 4.95. The molecule has 1 aliphatic rings. The lowest BCUT2D eigenvalue weighted by Crippen LogP contribution is -2.28. The quantitative estimate of drug-likeness (QED) is 0.543. The lowest BCUT2D eigenvalue weighted by atomic mass is 9.71. The summed E-state index contributed by atoms with van der Waals surface area (Å²) < 4.78 is 11.1. The lowest BCUT2D eigenvalue weighted by molar-refractivity contribution is -0.134. The first-order valence-corrected chi connectivity index (χ1v) is 9.06. The van der Waals surface area contributed by atoms with Gasteiger partial charge in [0.05, 0.1) is 11.1 Å². The summed E-state index contributed by atoms with van der Waals surface area (Å²) in [7, 11) is 0. The molecule has 0 aromatic heterocycles. The maximum Gasteiger partial charge on any atom is 0.336 e. The molecule has 0 unspecified atom stereocenters. The summed E-state index contributed by atoms with van der Waals surface area (Å²) in [6, 6.07) is 0. The van der Waals surface area contributed by atoms with Gasteiger partial charge < -0.3 is 19.7 Å². The highest BCUT2D eigenvalue weighted by molar-refractivity contribution is 5.97. The number of ether oxygens (including phenoxy) is 2. The van der Waals surface area contributed by atoms with Gasteiger partial charge in [0, 0.05) is 19.6 Å². The molecule has 0 amide bonds. The molecule has 0 bridgehead atoms. The van der Waals surface area contributed by atoms with E-state index in [1.165, 1.54) is 0 Å². The van der Waals surface area contributed by atoms with Gasteiger partial charge in [0.2, 0.25) is 0 Å². The fourth-order valence-corrected chi connectivity index (χ4v) is 3.71. The summed E-state index contributed by atoms with van der Waals surface area (Å²) in [6.07, 6.45) is 1.87. The van der Waals surface area contributed by atoms with Crippen LogP contribution in [0.3, 0.4) is 0 Å². The fraction of sp³-hybridized carbons (Fsp3) is 0.600. The Morgan fingerprint density at radius 2 is 1.85 bits per heavy atom. The second kappa shape index (κ2) is 8.18. The van der Waals surface area contributed by atoms with Crippen LogP contribution in [0.5, 0.6) is 5.75 Å². The van der Waals surface area contributed by atoms with Crippen LogP contribution in [0.25, 0.3) is 0 Å². The van der Waals surface area contributed by atoms with Gasteiger partial charge in [-0.25, -0.2) is 4.79 Å². The zero-order valence-corrected chi connectivity index (χ0v) is 15.9. The molecule has 0 radical (unpaired) electrons. The van der Waals surface area contributed by atoms with Gasteiger partial charge in [0.1, 0.15) is 5.75 Å². The van der Waals surface area contributed by atoms with Crippen molar-refractivity contribution in [2.75, 3.05) is 13.2 Å². The molecule has 0 saturated carbocycles. The Kier molecular flexibility index (Phi) is 6.42. The van der Waals surface area contributed by atoms with Crippen molar-refractivity contribution in [1.82, 2.24) is 0 Å². The minimum Gasteiger partial charge on any atom is -0.507 e. The average Bonchev–Trinajstić information content (AvgIpc) is 2.54. The Bertz CT molecular complexity index is 686. The van der Waals surface area contributed by atoms with E-state index >= 15 is 0 Å². The van der Waals surface area contributed by atoms with E-state index in [1.807, 2.05) is 13.8 Å². The number of aldehydes is 1. The fourth-order valence-electron chi connectivity index (χ4n) is 3.71. The molecule has 144 valence electrons. The third-order valence-corrected chi connectivity index (χ3v) is 4.95. The molecule has 0 spiro atoms. The van der Waals surface area contributed by atoms with Crippen LogP contribution < -0.4 is 0 Å². The smallest absolute Gasteiger partial charge is 0.336 e. The van der Waals surface area contributed by atoms with E-state index in [1.54, 1.807) is 0 Å². The third kappa shape index (κ3) is 4.07. The number of rotatable bonds is 8. The Morgan fingerprint density at radius 3 is 2.35 bits per heavy atom. The molecule has 2 N–H and O–H groups in total. The molecule has 0 heterocycles. The molecule has 0 atom stereocenters. The number of phenolic OH excluding ortho intramolecular Hbond substituents is 1. The van der Waals surface area contributed by atoms with E-state index in [9.17, 15) is 19.8 Å². The standard InChI is InChI=1S/C20H28O6/c1-5-25-16(26-6-2)9-13-15(11-21)18(22)12-7-8-20(3,4)10-14(12)17(13)19(23)24/h11,16,22H,5-10H2,1-4H3,(H,23,24). The number of carboxylic acids is 1. The number of carbonyl (C=O) groups is 2. The van der Waals surface area contributed by atoms with Crippen molar-refractivity contribution in [2.24, 2.45) is 5.41 Å². The number of fused-ring (bicyclic) bond motifs is 1. The Morgan fingerprint density at radius 1 is 1.23 bits per heavy atom. The van der Waals surface area contributed by atoms with Crippen molar-refractivity contribution in [2.45, 2.75) is 59.7 Å². The topological polar surface area (TPSA) is 93.1 Å². The molecule has 0 aliphatic heterocycles. The number of carboxylic acid groups (broad SMARTS) is 1. The van der Waals surface area contributed by atoms with Gasteiger partial charge in [-0.3, -0.25) is 4.79 Å². The van der Waals surface area contributed by atoms with Crippen molar-refractivity contribution in [3.8, 4) is 5.75 Å². The van der Waals surface area contributed by atoms with Crippen LogP contribution in [0.2, 0.25) is 0 Å². The molecule has 1 aromatic carbocycles. The molecular formula is C20H28O6. The number of hydrogen-bond acceptors (Lipinski definition) is 5. The van der Waals surface area contributed by atoms with Crippen LogP contribution in [0.1, 0.15) is 71.5 Å². The van der Waals surface area contributed by atoms with E-state index in [0.29, 0.717) is 43.5 Å². The molecule has 26 heavy (non-hydrogen) atoms. The number of benzene rings is 1. The summed E-state index contributed by atoms with van der Waals surface area (Å²) in [4.78, 5) is 23.8. The van der Waals surface area contributed by atoms with Gasteiger partial charge in [-0.2, -0.15) is 0 Å². The van der Waals surface area contributed by atoms with Crippen molar-refractivity contribution in [1.29, 1.82) is 0 Å². The Labute approximate surface area is 154 Å². The maximum atomic E-state index is 12.1. The number of hydrogen-bond donors (Lipinski definition) is 2. The summed E-state index contributed by atoms with van der Waals surface area (Å²) in [5.74, 6) is -1.19. The van der Waals surface area contributed by atoms with Gasteiger partial charge >= 0.3 is 5.97 Å². The second-order valence-electron chi connectivity index (χ2n) is 7.38. The van der Waals surface area contributed by atoms with Crippen molar-refractivity contribution in [3.05, 3.63) is 27.8 Å². The Balaban J connectivity index is 2.67. The molecule has 6 nitrogen and oxygen atoms in total. The number of aromatic carboxylic acids is 1. The minimum absolute atomic E-state index is 0.0327. The van der Waals surface area contributed by atoms with Gasteiger partial charge in [-0.05, 0) is 55.2 Å². The van der Waals surface area contributed by atoms with Crippen LogP contribution in [-0.4, -0.2) is 42.0 Å². The first-order chi connectivity index (χ1) is 12.3. The highest BCUT2D eigenvalue weighted by Crippen LogP contribution is 2.43.